The molecule has 116 valence electrons. The monoisotopic (exact) mass is 284 g/mol. The van der Waals surface area contributed by atoms with Gasteiger partial charge in [0.15, 0.2) is 0 Å². The van der Waals surface area contributed by atoms with E-state index in [0.717, 1.165) is 19.3 Å². The number of nitrogens with two attached hydrogens (primary N) is 1. The molecule has 1 unspecified atom stereocenters. The summed E-state index contributed by atoms with van der Waals surface area (Å²) in [7, 11) is 0. The minimum absolute atomic E-state index is 0.366. The highest BCUT2D eigenvalue weighted by atomic mass is 16.4. The van der Waals surface area contributed by atoms with E-state index in [0.29, 0.717) is 18.8 Å². The molecular weight excluding hydrogens is 256 g/mol. The summed E-state index contributed by atoms with van der Waals surface area (Å²) in [6.45, 7) is 7.74. The van der Waals surface area contributed by atoms with Crippen molar-refractivity contribution in [3.05, 3.63) is 0 Å². The van der Waals surface area contributed by atoms with E-state index in [4.69, 9.17) is 5.73 Å². The van der Waals surface area contributed by atoms with Crippen molar-refractivity contribution >= 4 is 11.9 Å². The second kappa shape index (κ2) is 6.12. The van der Waals surface area contributed by atoms with E-state index in [9.17, 15) is 14.7 Å². The Morgan fingerprint density at radius 1 is 1.35 bits per heavy atom. The standard InChI is InChI=1S/C15H28N2O3/c1-5-10-6-8-15(9-7-10,13(19)20)17-12(18)11(16)14(2,3)4/h10-11H,5-9,16H2,1-4H3,(H,17,18)(H,19,20). The van der Waals surface area contributed by atoms with Crippen molar-refractivity contribution in [2.24, 2.45) is 17.1 Å². The Balaban J connectivity index is 2.79. The lowest BCUT2D eigenvalue weighted by Gasteiger charge is -2.39. The summed E-state index contributed by atoms with van der Waals surface area (Å²) < 4.78 is 0. The minimum Gasteiger partial charge on any atom is -0.480 e. The third kappa shape index (κ3) is 3.72. The molecule has 5 nitrogen and oxygen atoms in total. The fraction of sp³-hybridized carbons (Fsp3) is 0.867. The van der Waals surface area contributed by atoms with Crippen LogP contribution in [-0.2, 0) is 9.59 Å². The summed E-state index contributed by atoms with van der Waals surface area (Å²) in [5.74, 6) is -0.743. The molecule has 0 heterocycles. The number of amides is 1. The summed E-state index contributed by atoms with van der Waals surface area (Å²) in [5.41, 5.74) is 4.40. The highest BCUT2D eigenvalue weighted by Crippen LogP contribution is 2.34. The minimum atomic E-state index is -1.13. The van der Waals surface area contributed by atoms with Gasteiger partial charge in [-0.2, -0.15) is 0 Å². The van der Waals surface area contributed by atoms with Gasteiger partial charge in [0.2, 0.25) is 5.91 Å². The Morgan fingerprint density at radius 2 is 1.85 bits per heavy atom. The van der Waals surface area contributed by atoms with Gasteiger partial charge < -0.3 is 16.2 Å². The normalized spacial score (nSPS) is 28.8. The number of rotatable bonds is 4. The molecule has 20 heavy (non-hydrogen) atoms. The first-order chi connectivity index (χ1) is 9.12. The van der Waals surface area contributed by atoms with Gasteiger partial charge in [0.25, 0.3) is 0 Å². The molecule has 0 aromatic carbocycles. The van der Waals surface area contributed by atoms with E-state index in [-0.39, 0.29) is 11.3 Å². The lowest BCUT2D eigenvalue weighted by atomic mass is 9.75. The number of hydrogen-bond acceptors (Lipinski definition) is 3. The van der Waals surface area contributed by atoms with E-state index in [1.165, 1.54) is 0 Å². The van der Waals surface area contributed by atoms with Crippen molar-refractivity contribution in [1.29, 1.82) is 0 Å². The lowest BCUT2D eigenvalue weighted by Crippen LogP contribution is -2.61. The van der Waals surface area contributed by atoms with E-state index < -0.39 is 17.6 Å². The number of aliphatic carboxylic acids is 1. The molecule has 0 aliphatic heterocycles. The van der Waals surface area contributed by atoms with Gasteiger partial charge in [-0.15, -0.1) is 0 Å². The lowest BCUT2D eigenvalue weighted by molar-refractivity contribution is -0.150. The van der Waals surface area contributed by atoms with Crippen LogP contribution in [0.15, 0.2) is 0 Å². The third-order valence-corrected chi connectivity index (χ3v) is 4.52. The largest absolute Gasteiger partial charge is 0.480 e. The molecule has 4 N–H and O–H groups in total. The molecule has 0 aromatic heterocycles. The van der Waals surface area contributed by atoms with Crippen molar-refractivity contribution < 1.29 is 14.7 Å². The Bertz CT molecular complexity index is 366. The molecule has 1 saturated carbocycles. The zero-order chi connectivity index (χ0) is 15.6. The Hall–Kier alpha value is -1.10. The topological polar surface area (TPSA) is 92.4 Å². The van der Waals surface area contributed by atoms with Gasteiger partial charge in [0, 0.05) is 0 Å². The molecule has 5 heteroatoms. The van der Waals surface area contributed by atoms with Gasteiger partial charge in [0.1, 0.15) is 5.54 Å². The average Bonchev–Trinajstić information content (AvgIpc) is 2.37. The van der Waals surface area contributed by atoms with Gasteiger partial charge >= 0.3 is 5.97 Å². The zero-order valence-corrected chi connectivity index (χ0v) is 13.0. The van der Waals surface area contributed by atoms with Gasteiger partial charge in [-0.05, 0) is 37.0 Å². The van der Waals surface area contributed by atoms with E-state index in [1.807, 2.05) is 20.8 Å². The number of carboxylic acid groups (broad SMARTS) is 1. The fourth-order valence-corrected chi connectivity index (χ4v) is 2.68. The van der Waals surface area contributed by atoms with Crippen molar-refractivity contribution in [1.82, 2.24) is 5.32 Å². The molecule has 1 aliphatic rings. The summed E-state index contributed by atoms with van der Waals surface area (Å²) in [5, 5.41) is 12.2. The van der Waals surface area contributed by atoms with Crippen LogP contribution in [0.5, 0.6) is 0 Å². The third-order valence-electron chi connectivity index (χ3n) is 4.52. The maximum absolute atomic E-state index is 12.2. The smallest absolute Gasteiger partial charge is 0.329 e. The molecule has 1 atom stereocenters. The number of carboxylic acids is 1. The maximum atomic E-state index is 12.2. The van der Waals surface area contributed by atoms with Crippen molar-refractivity contribution in [2.75, 3.05) is 0 Å². The molecule has 1 fully saturated rings. The number of carbonyl (C=O) groups excluding carboxylic acids is 1. The quantitative estimate of drug-likeness (QED) is 0.735. The highest BCUT2D eigenvalue weighted by molar-refractivity contribution is 5.90. The van der Waals surface area contributed by atoms with Crippen LogP contribution in [0.1, 0.15) is 59.8 Å². The van der Waals surface area contributed by atoms with Gasteiger partial charge in [0.05, 0.1) is 6.04 Å². The molecule has 0 aromatic rings. The first-order valence-corrected chi connectivity index (χ1v) is 7.43. The number of hydrogen-bond donors (Lipinski definition) is 3. The van der Waals surface area contributed by atoms with Crippen LogP contribution >= 0.6 is 0 Å². The van der Waals surface area contributed by atoms with Crippen LogP contribution in [0, 0.1) is 11.3 Å². The molecule has 0 radical (unpaired) electrons. The van der Waals surface area contributed by atoms with Crippen LogP contribution in [0.4, 0.5) is 0 Å². The first-order valence-electron chi connectivity index (χ1n) is 7.43. The van der Waals surface area contributed by atoms with Gasteiger partial charge in [-0.1, -0.05) is 34.1 Å². The first kappa shape index (κ1) is 17.0. The van der Waals surface area contributed by atoms with Crippen LogP contribution in [-0.4, -0.2) is 28.6 Å². The highest BCUT2D eigenvalue weighted by Gasteiger charge is 2.44. The van der Waals surface area contributed by atoms with Gasteiger partial charge in [-0.25, -0.2) is 4.79 Å². The van der Waals surface area contributed by atoms with Crippen LogP contribution in [0.3, 0.4) is 0 Å². The number of carbonyl (C=O) groups is 2. The average molecular weight is 284 g/mol. The SMILES string of the molecule is CCC1CCC(NC(=O)C(N)C(C)(C)C)(C(=O)O)CC1. The van der Waals surface area contributed by atoms with Crippen LogP contribution in [0.2, 0.25) is 0 Å². The summed E-state index contributed by atoms with van der Waals surface area (Å²) in [6.07, 6.45) is 3.72. The van der Waals surface area contributed by atoms with Gasteiger partial charge in [-0.3, -0.25) is 4.79 Å². The predicted octanol–water partition coefficient (Wildman–Crippen LogP) is 1.90. The summed E-state index contributed by atoms with van der Waals surface area (Å²) in [4.78, 5) is 23.8. The maximum Gasteiger partial charge on any atom is 0.329 e. The van der Waals surface area contributed by atoms with Crippen molar-refractivity contribution in [2.45, 2.75) is 71.4 Å². The van der Waals surface area contributed by atoms with E-state index in [1.54, 1.807) is 0 Å². The second-order valence-electron chi connectivity index (χ2n) is 7.07. The molecule has 1 rings (SSSR count). The van der Waals surface area contributed by atoms with Crippen molar-refractivity contribution in [3.8, 4) is 0 Å². The Morgan fingerprint density at radius 3 is 2.20 bits per heavy atom. The summed E-state index contributed by atoms with van der Waals surface area (Å²) >= 11 is 0. The molecule has 1 amide bonds. The van der Waals surface area contributed by atoms with E-state index in [2.05, 4.69) is 12.2 Å². The Kier molecular flexibility index (Phi) is 5.19. The van der Waals surface area contributed by atoms with Crippen LogP contribution in [0.25, 0.3) is 0 Å². The Labute approximate surface area is 121 Å². The molecule has 0 bridgehead atoms. The zero-order valence-electron chi connectivity index (χ0n) is 13.0. The number of nitrogens with one attached hydrogen (secondary N) is 1. The molecule has 0 saturated heterocycles. The summed E-state index contributed by atoms with van der Waals surface area (Å²) in [6, 6.07) is -0.706. The van der Waals surface area contributed by atoms with E-state index >= 15 is 0 Å². The van der Waals surface area contributed by atoms with Crippen LogP contribution < -0.4 is 11.1 Å². The molecule has 0 spiro atoms. The second-order valence-corrected chi connectivity index (χ2v) is 7.07. The molecular formula is C15H28N2O3. The molecule has 1 aliphatic carbocycles. The fourth-order valence-electron chi connectivity index (χ4n) is 2.68. The predicted molar refractivity (Wildman–Crippen MR) is 78.2 cm³/mol. The van der Waals surface area contributed by atoms with Crippen molar-refractivity contribution in [3.63, 3.8) is 0 Å².